The highest BCUT2D eigenvalue weighted by Crippen LogP contribution is 2.39. The molecule has 0 bridgehead atoms. The van der Waals surface area contributed by atoms with Crippen LogP contribution in [-0.2, 0) is 14.3 Å². The van der Waals surface area contributed by atoms with Gasteiger partial charge in [0, 0.05) is 38.3 Å². The van der Waals surface area contributed by atoms with Crippen molar-refractivity contribution in [3.8, 4) is 11.5 Å². The molecular weight excluding hydrogens is 412 g/mol. The average molecular weight is 449 g/mol. The molecule has 9 heteroatoms. The van der Waals surface area contributed by atoms with Crippen LogP contribution < -0.4 is 25.0 Å². The Bertz CT molecular complexity index is 795. The first-order valence-electron chi connectivity index (χ1n) is 11.5. The number of nitrogens with one attached hydrogen (secondary N) is 2. The van der Waals surface area contributed by atoms with Crippen LogP contribution in [-0.4, -0.2) is 81.9 Å². The number of nitrogens with zero attached hydrogens (tertiary/aromatic N) is 2. The van der Waals surface area contributed by atoms with Gasteiger partial charge in [0.25, 0.3) is 0 Å². The Hall–Kier alpha value is -2.52. The molecule has 0 aromatic heterocycles. The van der Waals surface area contributed by atoms with Gasteiger partial charge < -0.3 is 29.7 Å². The molecular formula is C23H36N4O5. The maximum absolute atomic E-state index is 13.0. The maximum Gasteiger partial charge on any atom is 0.238 e. The van der Waals surface area contributed by atoms with E-state index in [2.05, 4.69) is 15.5 Å². The maximum atomic E-state index is 13.0. The number of anilines is 2. The standard InChI is InChI=1S/C23H36N4O5/c1-5-31-19-14-18(26-9-11-30-12-10-26)20(32-6-2)13-17(19)25-21(28)15-27-8-7-24-23(29)22(27)16(3)4/h13-14,16,22H,5-12,15H2,1-4H3,(H,24,29)(H,25,28). The third kappa shape index (κ3) is 5.83. The first kappa shape index (κ1) is 24.1. The Labute approximate surface area is 190 Å². The van der Waals surface area contributed by atoms with Gasteiger partial charge in [0.05, 0.1) is 50.4 Å². The number of carbonyl (C=O) groups excluding carboxylic acids is 2. The highest BCUT2D eigenvalue weighted by molar-refractivity contribution is 5.95. The number of piperazine rings is 1. The molecule has 1 aromatic rings. The minimum absolute atomic E-state index is 0.0254. The summed E-state index contributed by atoms with van der Waals surface area (Å²) in [4.78, 5) is 29.4. The molecule has 0 radical (unpaired) electrons. The van der Waals surface area contributed by atoms with Crippen LogP contribution in [0.15, 0.2) is 12.1 Å². The fraction of sp³-hybridized carbons (Fsp3) is 0.652. The van der Waals surface area contributed by atoms with Crippen LogP contribution in [0, 0.1) is 5.92 Å². The molecule has 2 fully saturated rings. The van der Waals surface area contributed by atoms with Gasteiger partial charge in [-0.25, -0.2) is 0 Å². The number of carbonyl (C=O) groups is 2. The zero-order valence-electron chi connectivity index (χ0n) is 19.6. The third-order valence-corrected chi connectivity index (χ3v) is 5.63. The smallest absolute Gasteiger partial charge is 0.238 e. The summed E-state index contributed by atoms with van der Waals surface area (Å²) in [5, 5.41) is 5.87. The highest BCUT2D eigenvalue weighted by atomic mass is 16.5. The first-order chi connectivity index (χ1) is 15.4. The predicted molar refractivity (Wildman–Crippen MR) is 124 cm³/mol. The second kappa shape index (κ2) is 11.4. The predicted octanol–water partition coefficient (Wildman–Crippen LogP) is 1.72. The minimum atomic E-state index is -0.316. The van der Waals surface area contributed by atoms with Crippen molar-refractivity contribution >= 4 is 23.2 Å². The van der Waals surface area contributed by atoms with Crippen LogP contribution in [0.25, 0.3) is 0 Å². The third-order valence-electron chi connectivity index (χ3n) is 5.63. The summed E-state index contributed by atoms with van der Waals surface area (Å²) in [6, 6.07) is 3.45. The van der Waals surface area contributed by atoms with E-state index in [4.69, 9.17) is 14.2 Å². The number of hydrogen-bond acceptors (Lipinski definition) is 7. The van der Waals surface area contributed by atoms with Gasteiger partial charge in [-0.05, 0) is 19.8 Å². The molecule has 178 valence electrons. The van der Waals surface area contributed by atoms with Crippen LogP contribution in [0.1, 0.15) is 27.7 Å². The lowest BCUT2D eigenvalue weighted by Gasteiger charge is -2.36. The van der Waals surface area contributed by atoms with Gasteiger partial charge in [0.15, 0.2) is 0 Å². The topological polar surface area (TPSA) is 92.4 Å². The van der Waals surface area contributed by atoms with Crippen LogP contribution >= 0.6 is 0 Å². The molecule has 9 nitrogen and oxygen atoms in total. The summed E-state index contributed by atoms with van der Waals surface area (Å²) in [5.41, 5.74) is 1.50. The molecule has 2 heterocycles. The van der Waals surface area contributed by atoms with Gasteiger partial charge >= 0.3 is 0 Å². The molecule has 32 heavy (non-hydrogen) atoms. The number of amides is 2. The zero-order chi connectivity index (χ0) is 23.1. The SMILES string of the molecule is CCOc1cc(N2CCOCC2)c(OCC)cc1NC(=O)CN1CCNC(=O)C1C(C)C. The fourth-order valence-corrected chi connectivity index (χ4v) is 4.25. The van der Waals surface area contributed by atoms with Crippen molar-refractivity contribution < 1.29 is 23.8 Å². The summed E-state index contributed by atoms with van der Waals surface area (Å²) in [5.74, 6) is 1.20. The zero-order valence-corrected chi connectivity index (χ0v) is 19.6. The van der Waals surface area contributed by atoms with Gasteiger partial charge in [-0.2, -0.15) is 0 Å². The highest BCUT2D eigenvalue weighted by Gasteiger charge is 2.33. The molecule has 1 unspecified atom stereocenters. The molecule has 2 N–H and O–H groups in total. The van der Waals surface area contributed by atoms with E-state index in [1.165, 1.54) is 0 Å². The minimum Gasteiger partial charge on any atom is -0.492 e. The van der Waals surface area contributed by atoms with E-state index in [1.807, 2.05) is 44.7 Å². The van der Waals surface area contributed by atoms with Crippen molar-refractivity contribution in [3.05, 3.63) is 12.1 Å². The monoisotopic (exact) mass is 448 g/mol. The van der Waals surface area contributed by atoms with E-state index in [0.29, 0.717) is 56.7 Å². The van der Waals surface area contributed by atoms with E-state index in [0.717, 1.165) is 18.8 Å². The molecule has 0 saturated carbocycles. The molecule has 0 aliphatic carbocycles. The van der Waals surface area contributed by atoms with Crippen molar-refractivity contribution in [3.63, 3.8) is 0 Å². The van der Waals surface area contributed by atoms with Crippen LogP contribution in [0.3, 0.4) is 0 Å². The van der Waals surface area contributed by atoms with Crippen molar-refractivity contribution in [2.45, 2.75) is 33.7 Å². The second-order valence-electron chi connectivity index (χ2n) is 8.28. The van der Waals surface area contributed by atoms with E-state index in [1.54, 1.807) is 0 Å². The second-order valence-corrected chi connectivity index (χ2v) is 8.28. The summed E-state index contributed by atoms with van der Waals surface area (Å²) >= 11 is 0. The van der Waals surface area contributed by atoms with Gasteiger partial charge in [0.1, 0.15) is 11.5 Å². The van der Waals surface area contributed by atoms with Crippen LogP contribution in [0.2, 0.25) is 0 Å². The lowest BCUT2D eigenvalue weighted by Crippen LogP contribution is -2.58. The van der Waals surface area contributed by atoms with Gasteiger partial charge in [-0.3, -0.25) is 14.5 Å². The van der Waals surface area contributed by atoms with Gasteiger partial charge in [0.2, 0.25) is 11.8 Å². The summed E-state index contributed by atoms with van der Waals surface area (Å²) < 4.78 is 17.2. The summed E-state index contributed by atoms with van der Waals surface area (Å²) in [7, 11) is 0. The van der Waals surface area contributed by atoms with Gasteiger partial charge in [-0.1, -0.05) is 13.8 Å². The summed E-state index contributed by atoms with van der Waals surface area (Å²) in [6.07, 6.45) is 0. The lowest BCUT2D eigenvalue weighted by molar-refractivity contribution is -0.132. The average Bonchev–Trinajstić information content (AvgIpc) is 2.76. The summed E-state index contributed by atoms with van der Waals surface area (Å²) in [6.45, 7) is 13.0. The van der Waals surface area contributed by atoms with E-state index < -0.39 is 0 Å². The molecule has 0 spiro atoms. The van der Waals surface area contributed by atoms with Crippen LogP contribution in [0.4, 0.5) is 11.4 Å². The Morgan fingerprint density at radius 2 is 1.84 bits per heavy atom. The van der Waals surface area contributed by atoms with Crippen molar-refractivity contribution in [2.24, 2.45) is 5.92 Å². The fourth-order valence-electron chi connectivity index (χ4n) is 4.25. The molecule has 1 aromatic carbocycles. The normalized spacial score (nSPS) is 19.6. The van der Waals surface area contributed by atoms with Crippen molar-refractivity contribution in [2.75, 3.05) is 69.4 Å². The van der Waals surface area contributed by atoms with E-state index in [-0.39, 0.29) is 30.3 Å². The number of ether oxygens (including phenoxy) is 3. The number of benzene rings is 1. The number of rotatable bonds is 9. The van der Waals surface area contributed by atoms with E-state index >= 15 is 0 Å². The Balaban J connectivity index is 1.81. The van der Waals surface area contributed by atoms with Crippen molar-refractivity contribution in [1.29, 1.82) is 0 Å². The van der Waals surface area contributed by atoms with E-state index in [9.17, 15) is 9.59 Å². The molecule has 2 aliphatic rings. The first-order valence-corrected chi connectivity index (χ1v) is 11.5. The number of hydrogen-bond donors (Lipinski definition) is 2. The molecule has 2 aliphatic heterocycles. The Kier molecular flexibility index (Phi) is 8.58. The Morgan fingerprint density at radius 3 is 2.50 bits per heavy atom. The van der Waals surface area contributed by atoms with Crippen molar-refractivity contribution in [1.82, 2.24) is 10.2 Å². The molecule has 2 amide bonds. The molecule has 3 rings (SSSR count). The van der Waals surface area contributed by atoms with Gasteiger partial charge in [-0.15, -0.1) is 0 Å². The molecule has 2 saturated heterocycles. The lowest BCUT2D eigenvalue weighted by atomic mass is 9.99. The van der Waals surface area contributed by atoms with Crippen LogP contribution in [0.5, 0.6) is 11.5 Å². The quantitative estimate of drug-likeness (QED) is 0.594. The molecule has 1 atom stereocenters. The number of morpholine rings is 1. The Morgan fingerprint density at radius 1 is 1.16 bits per heavy atom. The largest absolute Gasteiger partial charge is 0.492 e.